The summed E-state index contributed by atoms with van der Waals surface area (Å²) in [6, 6.07) is 11.2. The molecule has 1 fully saturated rings. The highest BCUT2D eigenvalue weighted by atomic mass is 35.5. The van der Waals surface area contributed by atoms with Crippen LogP contribution in [0, 0.1) is 5.82 Å². The van der Waals surface area contributed by atoms with Crippen LogP contribution in [-0.4, -0.2) is 34.1 Å². The largest absolute Gasteiger partial charge is 0.372 e. The summed E-state index contributed by atoms with van der Waals surface area (Å²) in [6.07, 6.45) is 1.76. The Kier molecular flexibility index (Phi) is 4.56. The van der Waals surface area contributed by atoms with Gasteiger partial charge >= 0.3 is 0 Å². The van der Waals surface area contributed by atoms with Crippen molar-refractivity contribution in [2.45, 2.75) is 18.6 Å². The molecular formula is C20H17ClFN3O3. The number of aromatic amines is 1. The van der Waals surface area contributed by atoms with Crippen LogP contribution in [0.4, 0.5) is 10.1 Å². The highest BCUT2D eigenvalue weighted by Crippen LogP contribution is 2.30. The van der Waals surface area contributed by atoms with Crippen LogP contribution >= 0.6 is 11.6 Å². The molecule has 2 heterocycles. The Hall–Kier alpha value is -2.90. The van der Waals surface area contributed by atoms with Crippen LogP contribution in [0.1, 0.15) is 12.0 Å². The molecule has 28 heavy (non-hydrogen) atoms. The van der Waals surface area contributed by atoms with Crippen LogP contribution in [-0.2, 0) is 16.1 Å². The molecular weight excluding hydrogens is 385 g/mol. The maximum Gasteiger partial charge on any atom is 0.268 e. The Morgan fingerprint density at radius 2 is 2.11 bits per heavy atom. The number of hydrogen-bond donors (Lipinski definition) is 3. The summed E-state index contributed by atoms with van der Waals surface area (Å²) in [4.78, 5) is 29.8. The van der Waals surface area contributed by atoms with Gasteiger partial charge in [0.1, 0.15) is 5.82 Å². The summed E-state index contributed by atoms with van der Waals surface area (Å²) in [6.45, 7) is 0.158. The van der Waals surface area contributed by atoms with E-state index in [0.717, 1.165) is 17.0 Å². The minimum Gasteiger partial charge on any atom is -0.372 e. The van der Waals surface area contributed by atoms with Gasteiger partial charge in [0.15, 0.2) is 0 Å². The monoisotopic (exact) mass is 401 g/mol. The Morgan fingerprint density at radius 3 is 2.89 bits per heavy atom. The lowest BCUT2D eigenvalue weighted by molar-refractivity contribution is -0.149. The van der Waals surface area contributed by atoms with Gasteiger partial charge in [-0.05, 0) is 48.0 Å². The van der Waals surface area contributed by atoms with Crippen molar-refractivity contribution in [3.8, 4) is 0 Å². The van der Waals surface area contributed by atoms with E-state index in [-0.39, 0.29) is 24.5 Å². The minimum atomic E-state index is -2.16. The van der Waals surface area contributed by atoms with E-state index in [1.807, 2.05) is 18.2 Å². The number of carbonyl (C=O) groups excluding carboxylic acids is 2. The fourth-order valence-electron chi connectivity index (χ4n) is 3.41. The van der Waals surface area contributed by atoms with Gasteiger partial charge < -0.3 is 20.3 Å². The van der Waals surface area contributed by atoms with Gasteiger partial charge in [0.2, 0.25) is 5.60 Å². The molecule has 0 bridgehead atoms. The number of H-pyrrole nitrogens is 1. The number of anilines is 1. The van der Waals surface area contributed by atoms with E-state index in [4.69, 9.17) is 11.6 Å². The smallest absolute Gasteiger partial charge is 0.268 e. The zero-order chi connectivity index (χ0) is 19.9. The van der Waals surface area contributed by atoms with E-state index in [1.165, 1.54) is 17.0 Å². The number of fused-ring (bicyclic) bond motifs is 1. The number of aliphatic hydroxyl groups is 1. The van der Waals surface area contributed by atoms with E-state index in [9.17, 15) is 19.1 Å². The lowest BCUT2D eigenvalue weighted by Crippen LogP contribution is -2.52. The van der Waals surface area contributed by atoms with Gasteiger partial charge in [-0.15, -0.1) is 0 Å². The fraction of sp³-hybridized carbons (Fsp3) is 0.200. The maximum absolute atomic E-state index is 13.4. The topological polar surface area (TPSA) is 85.4 Å². The number of aromatic nitrogens is 1. The number of amides is 2. The molecule has 1 aromatic heterocycles. The average Bonchev–Trinajstić information content (AvgIpc) is 3.24. The summed E-state index contributed by atoms with van der Waals surface area (Å²) in [5.41, 5.74) is -0.193. The van der Waals surface area contributed by atoms with Crippen LogP contribution in [0.15, 0.2) is 48.7 Å². The van der Waals surface area contributed by atoms with Crippen molar-refractivity contribution in [3.63, 3.8) is 0 Å². The Morgan fingerprint density at radius 1 is 1.29 bits per heavy atom. The second-order valence-corrected chi connectivity index (χ2v) is 7.21. The third kappa shape index (κ3) is 3.23. The second-order valence-electron chi connectivity index (χ2n) is 6.78. The molecule has 0 saturated carbocycles. The molecule has 1 saturated heterocycles. The van der Waals surface area contributed by atoms with E-state index in [2.05, 4.69) is 10.3 Å². The minimum absolute atomic E-state index is 0.0350. The molecule has 2 aromatic carbocycles. The molecule has 0 unspecified atom stereocenters. The average molecular weight is 402 g/mol. The zero-order valence-corrected chi connectivity index (χ0v) is 15.5. The molecule has 0 spiro atoms. The summed E-state index contributed by atoms with van der Waals surface area (Å²) in [5, 5.41) is 14.3. The van der Waals surface area contributed by atoms with Crippen molar-refractivity contribution >= 4 is 40.0 Å². The van der Waals surface area contributed by atoms with Crippen LogP contribution in [0.5, 0.6) is 0 Å². The lowest BCUT2D eigenvalue weighted by atomic mass is 10.0. The number of hydrogen-bond acceptors (Lipinski definition) is 3. The summed E-state index contributed by atoms with van der Waals surface area (Å²) < 4.78 is 13.4. The number of nitrogens with zero attached hydrogens (tertiary/aromatic N) is 1. The maximum atomic E-state index is 13.4. The lowest BCUT2D eigenvalue weighted by Gasteiger charge is -2.22. The molecule has 3 N–H and O–H groups in total. The van der Waals surface area contributed by atoms with Crippen molar-refractivity contribution in [2.24, 2.45) is 0 Å². The Bertz CT molecular complexity index is 1060. The van der Waals surface area contributed by atoms with Crippen molar-refractivity contribution in [1.29, 1.82) is 0 Å². The first-order valence-electron chi connectivity index (χ1n) is 8.71. The van der Waals surface area contributed by atoms with Gasteiger partial charge in [0.25, 0.3) is 11.8 Å². The van der Waals surface area contributed by atoms with Crippen LogP contribution in [0.25, 0.3) is 10.9 Å². The second kappa shape index (κ2) is 6.92. The molecule has 8 heteroatoms. The number of nitrogens with one attached hydrogen (secondary N) is 2. The van der Waals surface area contributed by atoms with Crippen molar-refractivity contribution < 1.29 is 19.1 Å². The predicted molar refractivity (Wildman–Crippen MR) is 103 cm³/mol. The molecule has 144 valence electrons. The summed E-state index contributed by atoms with van der Waals surface area (Å²) in [5.74, 6) is -2.03. The number of rotatable bonds is 4. The van der Waals surface area contributed by atoms with E-state index in [1.54, 1.807) is 12.3 Å². The molecule has 1 aliphatic rings. The van der Waals surface area contributed by atoms with Crippen molar-refractivity contribution in [1.82, 2.24) is 10.3 Å². The van der Waals surface area contributed by atoms with Gasteiger partial charge in [0.05, 0.1) is 0 Å². The zero-order valence-electron chi connectivity index (χ0n) is 14.7. The number of benzene rings is 2. The van der Waals surface area contributed by atoms with Gasteiger partial charge in [-0.2, -0.15) is 0 Å². The Labute approximate surface area is 164 Å². The Balaban J connectivity index is 1.49. The molecule has 1 aliphatic heterocycles. The standard InChI is InChI=1S/C20H17ClFN3O3/c21-14-7-12(8-15(22)10-14)11-24-18(26)20(28)4-6-25(19(20)27)16-1-2-17-13(9-16)3-5-23-17/h1-3,5,7-10,23,28H,4,6,11H2,(H,24,26)/t20-/m1/s1. The predicted octanol–water partition coefficient (Wildman–Crippen LogP) is 2.74. The van der Waals surface area contributed by atoms with Crippen LogP contribution in [0.3, 0.4) is 0 Å². The van der Waals surface area contributed by atoms with Crippen molar-refractivity contribution in [3.05, 3.63) is 65.1 Å². The first-order valence-corrected chi connectivity index (χ1v) is 9.09. The highest BCUT2D eigenvalue weighted by molar-refractivity contribution is 6.30. The molecule has 0 radical (unpaired) electrons. The fourth-order valence-corrected chi connectivity index (χ4v) is 3.66. The third-order valence-corrected chi connectivity index (χ3v) is 5.11. The van der Waals surface area contributed by atoms with Gasteiger partial charge in [-0.3, -0.25) is 9.59 Å². The summed E-state index contributed by atoms with van der Waals surface area (Å²) in [7, 11) is 0. The first kappa shape index (κ1) is 18.5. The van der Waals surface area contributed by atoms with Crippen LogP contribution in [0.2, 0.25) is 5.02 Å². The SMILES string of the molecule is O=C(NCc1cc(F)cc(Cl)c1)[C@]1(O)CCN(c2ccc3[nH]ccc3c2)C1=O. The molecule has 2 amide bonds. The molecule has 1 atom stereocenters. The van der Waals surface area contributed by atoms with Crippen molar-refractivity contribution in [2.75, 3.05) is 11.4 Å². The quantitative estimate of drug-likeness (QED) is 0.588. The highest BCUT2D eigenvalue weighted by Gasteiger charge is 2.51. The molecule has 0 aliphatic carbocycles. The van der Waals surface area contributed by atoms with E-state index in [0.29, 0.717) is 11.3 Å². The summed E-state index contributed by atoms with van der Waals surface area (Å²) >= 11 is 5.80. The van der Waals surface area contributed by atoms with Crippen LogP contribution < -0.4 is 10.2 Å². The number of carbonyl (C=O) groups is 2. The van der Waals surface area contributed by atoms with Gasteiger partial charge in [-0.25, -0.2) is 4.39 Å². The number of halogens is 2. The first-order chi connectivity index (χ1) is 13.4. The molecule has 6 nitrogen and oxygen atoms in total. The normalized spacial score (nSPS) is 19.4. The van der Waals surface area contributed by atoms with E-state index >= 15 is 0 Å². The van der Waals surface area contributed by atoms with Gasteiger partial charge in [0, 0.05) is 47.3 Å². The molecule has 3 aromatic rings. The molecule has 4 rings (SSSR count). The van der Waals surface area contributed by atoms with E-state index < -0.39 is 23.2 Å². The van der Waals surface area contributed by atoms with Gasteiger partial charge in [-0.1, -0.05) is 11.6 Å². The third-order valence-electron chi connectivity index (χ3n) is 4.90.